The lowest BCUT2D eigenvalue weighted by atomic mass is 9.77. The van der Waals surface area contributed by atoms with E-state index < -0.39 is 0 Å². The quantitative estimate of drug-likeness (QED) is 0.145. The zero-order valence-corrected chi connectivity index (χ0v) is 20.2. The molecule has 0 aliphatic carbocycles. The van der Waals surface area contributed by atoms with Gasteiger partial charge in [0, 0.05) is 0 Å². The molecule has 0 heterocycles. The summed E-state index contributed by atoms with van der Waals surface area (Å²) in [7, 11) is 3.42. The molecule has 0 amide bonds. The van der Waals surface area contributed by atoms with Gasteiger partial charge in [0.2, 0.25) is 0 Å². The molecule has 26 heavy (non-hydrogen) atoms. The molecule has 0 radical (unpaired) electrons. The van der Waals surface area contributed by atoms with Gasteiger partial charge in [0.15, 0.2) is 0 Å². The zero-order valence-electron chi connectivity index (χ0n) is 19.1. The molecule has 0 aliphatic heterocycles. The fourth-order valence-electron chi connectivity index (χ4n) is 4.47. The van der Waals surface area contributed by atoms with Gasteiger partial charge in [-0.25, -0.2) is 0 Å². The fourth-order valence-corrected chi connectivity index (χ4v) is 5.21. The van der Waals surface area contributed by atoms with Gasteiger partial charge < -0.3 is 0 Å². The Morgan fingerprint density at radius 1 is 0.500 bits per heavy atom. The van der Waals surface area contributed by atoms with Gasteiger partial charge in [-0.05, 0) is 36.8 Å². The van der Waals surface area contributed by atoms with Crippen molar-refractivity contribution in [2.75, 3.05) is 0 Å². The summed E-state index contributed by atoms with van der Waals surface area (Å²) in [5.74, 6) is 0.943. The summed E-state index contributed by atoms with van der Waals surface area (Å²) in [5, 5.41) is 0.529. The van der Waals surface area contributed by atoms with Crippen LogP contribution in [0.2, 0.25) is 0 Å². The highest BCUT2D eigenvalue weighted by Gasteiger charge is 2.32. The molecule has 0 bridgehead atoms. The summed E-state index contributed by atoms with van der Waals surface area (Å²) in [6.45, 7) is 9.35. The lowest BCUT2D eigenvalue weighted by Gasteiger charge is -2.39. The number of hydrogen-bond donors (Lipinski definition) is 0. The van der Waals surface area contributed by atoms with Crippen molar-refractivity contribution in [2.45, 2.75) is 155 Å². The SMILES string of the molecule is CCCCCCCCC(CCCCC)C(P)(CCCCC)CCCCC. The van der Waals surface area contributed by atoms with Crippen LogP contribution >= 0.6 is 9.24 Å². The van der Waals surface area contributed by atoms with Gasteiger partial charge in [-0.15, -0.1) is 9.24 Å². The summed E-state index contributed by atoms with van der Waals surface area (Å²) >= 11 is 0. The smallest absolute Gasteiger partial charge is 0.0122 e. The van der Waals surface area contributed by atoms with Crippen LogP contribution in [0.3, 0.4) is 0 Å². The highest BCUT2D eigenvalue weighted by atomic mass is 31.0. The standard InChI is InChI=1S/C25H53P/c1-5-9-13-14-15-17-21-24(20-16-10-6-2)25(26,22-18-11-7-3)23-19-12-8-4/h24H,5-23,26H2,1-4H3. The van der Waals surface area contributed by atoms with Gasteiger partial charge in [0.1, 0.15) is 0 Å². The second-order valence-corrected chi connectivity index (χ2v) is 10.0. The fraction of sp³-hybridized carbons (Fsp3) is 1.00. The molecule has 2 atom stereocenters. The van der Waals surface area contributed by atoms with Crippen molar-refractivity contribution in [3.8, 4) is 0 Å². The van der Waals surface area contributed by atoms with Crippen LogP contribution in [0, 0.1) is 5.92 Å². The molecule has 0 rings (SSSR count). The first kappa shape index (κ1) is 26.4. The largest absolute Gasteiger partial charge is 0.131 e. The minimum Gasteiger partial charge on any atom is -0.131 e. The second-order valence-electron chi connectivity index (χ2n) is 8.90. The van der Waals surface area contributed by atoms with Crippen LogP contribution in [0.25, 0.3) is 0 Å². The van der Waals surface area contributed by atoms with Crippen molar-refractivity contribution < 1.29 is 0 Å². The molecule has 0 aromatic heterocycles. The monoisotopic (exact) mass is 384 g/mol. The molecule has 0 saturated heterocycles. The maximum atomic E-state index is 3.42. The predicted octanol–water partition coefficient (Wildman–Crippen LogP) is 9.71. The molecule has 0 aromatic rings. The van der Waals surface area contributed by atoms with Gasteiger partial charge in [0.05, 0.1) is 0 Å². The molecular formula is C25H53P. The van der Waals surface area contributed by atoms with Crippen molar-refractivity contribution in [1.29, 1.82) is 0 Å². The van der Waals surface area contributed by atoms with Crippen LogP contribution in [0.15, 0.2) is 0 Å². The van der Waals surface area contributed by atoms with E-state index >= 15 is 0 Å². The first-order valence-electron chi connectivity index (χ1n) is 12.4. The Bertz CT molecular complexity index is 263. The second kappa shape index (κ2) is 18.8. The van der Waals surface area contributed by atoms with Crippen molar-refractivity contribution >= 4 is 9.24 Å². The van der Waals surface area contributed by atoms with E-state index in [1.54, 1.807) is 0 Å². The highest BCUT2D eigenvalue weighted by Crippen LogP contribution is 2.43. The first-order chi connectivity index (χ1) is 12.6. The Labute approximate surface area is 170 Å². The summed E-state index contributed by atoms with van der Waals surface area (Å²) in [5.41, 5.74) is 0. The third-order valence-electron chi connectivity index (χ3n) is 6.37. The van der Waals surface area contributed by atoms with Crippen LogP contribution in [-0.2, 0) is 0 Å². The van der Waals surface area contributed by atoms with Gasteiger partial charge in [-0.2, -0.15) is 0 Å². The minimum atomic E-state index is 0.529. The molecule has 0 aromatic carbocycles. The molecular weight excluding hydrogens is 331 g/mol. The first-order valence-corrected chi connectivity index (χ1v) is 13.0. The Balaban J connectivity index is 4.68. The predicted molar refractivity (Wildman–Crippen MR) is 126 cm³/mol. The average molecular weight is 385 g/mol. The summed E-state index contributed by atoms with van der Waals surface area (Å²) in [6.07, 6.45) is 27.2. The molecule has 158 valence electrons. The van der Waals surface area contributed by atoms with E-state index in [9.17, 15) is 0 Å². The average Bonchev–Trinajstić information content (AvgIpc) is 2.63. The van der Waals surface area contributed by atoms with E-state index in [2.05, 4.69) is 36.9 Å². The highest BCUT2D eigenvalue weighted by molar-refractivity contribution is 7.19. The molecule has 0 fully saturated rings. The van der Waals surface area contributed by atoms with Gasteiger partial charge in [0.25, 0.3) is 0 Å². The molecule has 1 heteroatoms. The maximum Gasteiger partial charge on any atom is -0.0122 e. The van der Waals surface area contributed by atoms with Crippen molar-refractivity contribution in [3.63, 3.8) is 0 Å². The van der Waals surface area contributed by atoms with E-state index in [1.165, 1.54) is 122 Å². The Morgan fingerprint density at radius 2 is 0.846 bits per heavy atom. The molecule has 0 nitrogen and oxygen atoms in total. The Hall–Kier alpha value is 0.430. The van der Waals surface area contributed by atoms with Gasteiger partial charge in [-0.3, -0.25) is 0 Å². The number of hydrogen-bond acceptors (Lipinski definition) is 0. The van der Waals surface area contributed by atoms with Crippen LogP contribution < -0.4 is 0 Å². The maximum absolute atomic E-state index is 3.42. The molecule has 0 aliphatic rings. The van der Waals surface area contributed by atoms with Crippen LogP contribution in [0.5, 0.6) is 0 Å². The van der Waals surface area contributed by atoms with E-state index in [0.717, 1.165) is 5.92 Å². The van der Waals surface area contributed by atoms with E-state index in [4.69, 9.17) is 0 Å². The molecule has 2 unspecified atom stereocenters. The van der Waals surface area contributed by atoms with Crippen LogP contribution in [-0.4, -0.2) is 5.16 Å². The molecule has 0 N–H and O–H groups in total. The summed E-state index contributed by atoms with van der Waals surface area (Å²) in [4.78, 5) is 0. The molecule has 0 saturated carbocycles. The minimum absolute atomic E-state index is 0.529. The van der Waals surface area contributed by atoms with E-state index in [0.29, 0.717) is 5.16 Å². The van der Waals surface area contributed by atoms with E-state index in [-0.39, 0.29) is 0 Å². The number of rotatable bonds is 20. The van der Waals surface area contributed by atoms with Crippen LogP contribution in [0.1, 0.15) is 150 Å². The topological polar surface area (TPSA) is 0 Å². The van der Waals surface area contributed by atoms with Gasteiger partial charge in [-0.1, -0.05) is 124 Å². The summed E-state index contributed by atoms with van der Waals surface area (Å²) < 4.78 is 0. The van der Waals surface area contributed by atoms with Gasteiger partial charge >= 0.3 is 0 Å². The van der Waals surface area contributed by atoms with E-state index in [1.807, 2.05) is 0 Å². The Morgan fingerprint density at radius 3 is 1.35 bits per heavy atom. The van der Waals surface area contributed by atoms with Crippen molar-refractivity contribution in [2.24, 2.45) is 5.92 Å². The van der Waals surface area contributed by atoms with Crippen molar-refractivity contribution in [1.82, 2.24) is 0 Å². The lowest BCUT2D eigenvalue weighted by molar-refractivity contribution is 0.271. The third-order valence-corrected chi connectivity index (χ3v) is 7.42. The normalized spacial score (nSPS) is 13.3. The van der Waals surface area contributed by atoms with Crippen LogP contribution in [0.4, 0.5) is 0 Å². The summed E-state index contributed by atoms with van der Waals surface area (Å²) in [6, 6.07) is 0. The zero-order chi connectivity index (χ0) is 19.5. The molecule has 0 spiro atoms. The lowest BCUT2D eigenvalue weighted by Crippen LogP contribution is -2.32. The number of unbranched alkanes of at least 4 members (excludes halogenated alkanes) is 11. The third kappa shape index (κ3) is 13.6. The van der Waals surface area contributed by atoms with Crippen molar-refractivity contribution in [3.05, 3.63) is 0 Å². The Kier molecular flexibility index (Phi) is 19.1.